The fourth-order valence-corrected chi connectivity index (χ4v) is 1.61. The third kappa shape index (κ3) is 1.94. The third-order valence-electron chi connectivity index (χ3n) is 2.22. The van der Waals surface area contributed by atoms with E-state index < -0.39 is 0 Å². The summed E-state index contributed by atoms with van der Waals surface area (Å²) in [4.78, 5) is 7.64. The van der Waals surface area contributed by atoms with Gasteiger partial charge in [-0.1, -0.05) is 0 Å². The van der Waals surface area contributed by atoms with Gasteiger partial charge < -0.3 is 14.7 Å². The summed E-state index contributed by atoms with van der Waals surface area (Å²) in [5.74, 6) is 2.63. The van der Waals surface area contributed by atoms with Gasteiger partial charge in [0, 0.05) is 6.54 Å². The van der Waals surface area contributed by atoms with Crippen LogP contribution in [0.2, 0.25) is 0 Å². The van der Waals surface area contributed by atoms with Crippen LogP contribution < -0.4 is 5.32 Å². The van der Waals surface area contributed by atoms with Crippen LogP contribution in [0, 0.1) is 13.8 Å². The fourth-order valence-electron chi connectivity index (χ4n) is 1.61. The first-order valence-corrected chi connectivity index (χ1v) is 4.97. The highest BCUT2D eigenvalue weighted by molar-refractivity contribution is 5.56. The Morgan fingerprint density at radius 3 is 2.80 bits per heavy atom. The molecule has 2 N–H and O–H groups in total. The molecule has 2 heterocycles. The van der Waals surface area contributed by atoms with E-state index in [1.54, 1.807) is 0 Å². The van der Waals surface area contributed by atoms with E-state index in [9.17, 15) is 0 Å². The van der Waals surface area contributed by atoms with Gasteiger partial charge in [0.05, 0.1) is 5.69 Å². The van der Waals surface area contributed by atoms with Crippen LogP contribution in [-0.4, -0.2) is 17.0 Å². The number of hydrogen-bond acceptors (Lipinski definition) is 3. The third-order valence-corrected chi connectivity index (χ3v) is 2.22. The van der Waals surface area contributed by atoms with Gasteiger partial charge in [-0.05, 0) is 33.0 Å². The van der Waals surface area contributed by atoms with Crippen LogP contribution in [0.4, 0.5) is 0 Å². The van der Waals surface area contributed by atoms with Crippen molar-refractivity contribution in [2.24, 2.45) is 0 Å². The van der Waals surface area contributed by atoms with Gasteiger partial charge in [-0.15, -0.1) is 0 Å². The second kappa shape index (κ2) is 3.90. The van der Waals surface area contributed by atoms with Crippen LogP contribution in [0.1, 0.15) is 17.3 Å². The quantitative estimate of drug-likeness (QED) is 0.805. The lowest BCUT2D eigenvalue weighted by molar-refractivity contribution is 0.545. The van der Waals surface area contributed by atoms with Crippen LogP contribution in [0.15, 0.2) is 16.5 Å². The van der Waals surface area contributed by atoms with E-state index in [-0.39, 0.29) is 0 Å². The molecule has 0 amide bonds. The Balaban J connectivity index is 2.42. The van der Waals surface area contributed by atoms with E-state index in [1.807, 2.05) is 33.0 Å². The predicted octanol–water partition coefficient (Wildman–Crippen LogP) is 2.01. The number of hydrogen-bond donors (Lipinski definition) is 2. The van der Waals surface area contributed by atoms with E-state index in [0.29, 0.717) is 0 Å². The number of nitrogens with one attached hydrogen (secondary N) is 2. The summed E-state index contributed by atoms with van der Waals surface area (Å²) in [7, 11) is 1.91. The minimum absolute atomic E-state index is 0.760. The smallest absolute Gasteiger partial charge is 0.154 e. The molecule has 2 aromatic heterocycles. The van der Waals surface area contributed by atoms with Crippen molar-refractivity contribution in [3.63, 3.8) is 0 Å². The zero-order chi connectivity index (χ0) is 10.8. The molecule has 0 aliphatic rings. The molecule has 0 spiro atoms. The number of aryl methyl sites for hydroxylation is 2. The highest BCUT2D eigenvalue weighted by Crippen LogP contribution is 2.23. The number of aromatic amines is 1. The van der Waals surface area contributed by atoms with Crippen molar-refractivity contribution >= 4 is 0 Å². The molecule has 0 saturated heterocycles. The molecular formula is C11H15N3O. The largest absolute Gasteiger partial charge is 0.460 e. The normalized spacial score (nSPS) is 10.9. The van der Waals surface area contributed by atoms with Crippen molar-refractivity contribution in [2.75, 3.05) is 7.05 Å². The SMILES string of the molecule is CNCc1[nH]c(C)nc1-c1ccc(C)o1. The number of rotatable bonds is 3. The number of furan rings is 1. The molecule has 4 heteroatoms. The van der Waals surface area contributed by atoms with Crippen molar-refractivity contribution in [1.29, 1.82) is 0 Å². The molecule has 0 aromatic carbocycles. The number of H-pyrrole nitrogens is 1. The van der Waals surface area contributed by atoms with E-state index in [1.165, 1.54) is 0 Å². The maximum Gasteiger partial charge on any atom is 0.154 e. The molecule has 2 rings (SSSR count). The molecular weight excluding hydrogens is 190 g/mol. The Morgan fingerprint density at radius 1 is 1.40 bits per heavy atom. The number of imidazole rings is 1. The average molecular weight is 205 g/mol. The molecule has 0 atom stereocenters. The summed E-state index contributed by atoms with van der Waals surface area (Å²) in [5, 5.41) is 3.10. The van der Waals surface area contributed by atoms with Crippen LogP contribution in [-0.2, 0) is 6.54 Å². The first-order chi connectivity index (χ1) is 7.20. The second-order valence-electron chi connectivity index (χ2n) is 3.59. The molecule has 0 aliphatic carbocycles. The number of nitrogens with zero attached hydrogens (tertiary/aromatic N) is 1. The van der Waals surface area contributed by atoms with Gasteiger partial charge in [0.15, 0.2) is 5.76 Å². The molecule has 0 aliphatic heterocycles. The van der Waals surface area contributed by atoms with Crippen LogP contribution in [0.5, 0.6) is 0 Å². The molecule has 0 unspecified atom stereocenters. The Hall–Kier alpha value is -1.55. The lowest BCUT2D eigenvalue weighted by atomic mass is 10.2. The van der Waals surface area contributed by atoms with Crippen molar-refractivity contribution < 1.29 is 4.42 Å². The monoisotopic (exact) mass is 205 g/mol. The summed E-state index contributed by atoms with van der Waals surface area (Å²) < 4.78 is 5.56. The summed E-state index contributed by atoms with van der Waals surface area (Å²) >= 11 is 0. The topological polar surface area (TPSA) is 53.9 Å². The summed E-state index contributed by atoms with van der Waals surface area (Å²) in [5.41, 5.74) is 1.96. The highest BCUT2D eigenvalue weighted by atomic mass is 16.3. The highest BCUT2D eigenvalue weighted by Gasteiger charge is 2.12. The molecule has 2 aromatic rings. The molecule has 0 saturated carbocycles. The van der Waals surface area contributed by atoms with Crippen molar-refractivity contribution in [3.05, 3.63) is 29.4 Å². The van der Waals surface area contributed by atoms with Gasteiger partial charge in [0.2, 0.25) is 0 Å². The predicted molar refractivity (Wildman–Crippen MR) is 58.5 cm³/mol. The van der Waals surface area contributed by atoms with Crippen LogP contribution in [0.25, 0.3) is 11.5 Å². The summed E-state index contributed by atoms with van der Waals surface area (Å²) in [6.45, 7) is 4.63. The zero-order valence-corrected chi connectivity index (χ0v) is 9.22. The Morgan fingerprint density at radius 2 is 2.20 bits per heavy atom. The number of aromatic nitrogens is 2. The fraction of sp³-hybridized carbons (Fsp3) is 0.364. The summed E-state index contributed by atoms with van der Waals surface area (Å²) in [6.07, 6.45) is 0. The maximum absolute atomic E-state index is 5.56. The van der Waals surface area contributed by atoms with Gasteiger partial charge in [-0.2, -0.15) is 0 Å². The molecule has 15 heavy (non-hydrogen) atoms. The van der Waals surface area contributed by atoms with Gasteiger partial charge in [-0.3, -0.25) is 0 Å². The van der Waals surface area contributed by atoms with E-state index in [2.05, 4.69) is 15.3 Å². The van der Waals surface area contributed by atoms with Crippen molar-refractivity contribution in [3.8, 4) is 11.5 Å². The Kier molecular flexibility index (Phi) is 2.60. The van der Waals surface area contributed by atoms with Gasteiger partial charge in [0.25, 0.3) is 0 Å². The zero-order valence-electron chi connectivity index (χ0n) is 9.22. The lowest BCUT2D eigenvalue weighted by Crippen LogP contribution is -2.06. The van der Waals surface area contributed by atoms with Gasteiger partial charge >= 0.3 is 0 Å². The van der Waals surface area contributed by atoms with E-state index in [0.717, 1.165) is 35.3 Å². The minimum atomic E-state index is 0.760. The van der Waals surface area contributed by atoms with Crippen LogP contribution in [0.3, 0.4) is 0 Å². The van der Waals surface area contributed by atoms with Crippen molar-refractivity contribution in [2.45, 2.75) is 20.4 Å². The van der Waals surface area contributed by atoms with E-state index >= 15 is 0 Å². The van der Waals surface area contributed by atoms with E-state index in [4.69, 9.17) is 4.42 Å². The van der Waals surface area contributed by atoms with Gasteiger partial charge in [0.1, 0.15) is 17.3 Å². The average Bonchev–Trinajstić information content (AvgIpc) is 2.73. The van der Waals surface area contributed by atoms with Gasteiger partial charge in [-0.25, -0.2) is 4.98 Å². The Bertz CT molecular complexity index is 456. The molecule has 0 fully saturated rings. The second-order valence-corrected chi connectivity index (χ2v) is 3.59. The molecule has 80 valence electrons. The van der Waals surface area contributed by atoms with Crippen LogP contribution >= 0.6 is 0 Å². The summed E-state index contributed by atoms with van der Waals surface area (Å²) in [6, 6.07) is 3.90. The first kappa shape index (κ1) is 9.98. The minimum Gasteiger partial charge on any atom is -0.460 e. The van der Waals surface area contributed by atoms with Crippen molar-refractivity contribution in [1.82, 2.24) is 15.3 Å². The first-order valence-electron chi connectivity index (χ1n) is 4.97. The maximum atomic E-state index is 5.56. The molecule has 0 bridgehead atoms. The molecule has 0 radical (unpaired) electrons. The lowest BCUT2D eigenvalue weighted by Gasteiger charge is -1.98. The standard InChI is InChI=1S/C11H15N3O/c1-7-4-5-10(15-7)11-9(6-12-3)13-8(2)14-11/h4-5,12H,6H2,1-3H3,(H,13,14). The molecule has 4 nitrogen and oxygen atoms in total. The Labute approximate surface area is 88.7 Å².